The predicted octanol–water partition coefficient (Wildman–Crippen LogP) is 1.66. The topological polar surface area (TPSA) is 87.0 Å². The number of hydrogen-bond acceptors (Lipinski definition) is 5. The van der Waals surface area contributed by atoms with Crippen molar-refractivity contribution in [2.24, 2.45) is 0 Å². The van der Waals surface area contributed by atoms with Crippen LogP contribution in [-0.4, -0.2) is 53.6 Å². The van der Waals surface area contributed by atoms with Gasteiger partial charge in [-0.25, -0.2) is 0 Å². The first kappa shape index (κ1) is 19.5. The molecule has 0 bridgehead atoms. The fraction of sp³-hybridized carbons (Fsp3) is 1.00. The van der Waals surface area contributed by atoms with Gasteiger partial charge in [0, 0.05) is 0 Å². The molecular formula is C12H30O5P2. The minimum atomic E-state index is -2.02. The van der Waals surface area contributed by atoms with E-state index in [0.29, 0.717) is 0 Å². The average Bonchev–Trinajstić information content (AvgIpc) is 2.40. The second-order valence-electron chi connectivity index (χ2n) is 4.94. The van der Waals surface area contributed by atoms with Gasteiger partial charge in [-0.2, -0.15) is 0 Å². The molecular weight excluding hydrogens is 286 g/mol. The van der Waals surface area contributed by atoms with E-state index >= 15 is 0 Å². The Morgan fingerprint density at radius 2 is 1.11 bits per heavy atom. The summed E-state index contributed by atoms with van der Waals surface area (Å²) in [5.74, 6) is 0. The Bertz CT molecular complexity index is 190. The molecule has 19 heavy (non-hydrogen) atoms. The summed E-state index contributed by atoms with van der Waals surface area (Å²) in [7, 11) is -3.22. The van der Waals surface area contributed by atoms with Crippen molar-refractivity contribution in [1.82, 2.24) is 0 Å². The Morgan fingerprint density at radius 1 is 0.737 bits per heavy atom. The van der Waals surface area contributed by atoms with Crippen molar-refractivity contribution in [1.29, 1.82) is 0 Å². The van der Waals surface area contributed by atoms with Gasteiger partial charge in [0.15, 0.2) is 0 Å². The zero-order valence-electron chi connectivity index (χ0n) is 11.7. The summed E-state index contributed by atoms with van der Waals surface area (Å²) in [6.07, 6.45) is 7.73. The van der Waals surface area contributed by atoms with Crippen LogP contribution in [0.2, 0.25) is 0 Å². The first-order valence-corrected chi connectivity index (χ1v) is 10.7. The van der Waals surface area contributed by atoms with Crippen LogP contribution in [0.25, 0.3) is 0 Å². The van der Waals surface area contributed by atoms with E-state index in [1.54, 1.807) is 0 Å². The fourth-order valence-electron chi connectivity index (χ4n) is 2.33. The maximum absolute atomic E-state index is 11.0. The van der Waals surface area contributed by atoms with Crippen LogP contribution < -0.4 is 0 Å². The zero-order chi connectivity index (χ0) is 14.4. The first-order valence-electron chi connectivity index (χ1n) is 7.18. The van der Waals surface area contributed by atoms with Gasteiger partial charge in [-0.3, -0.25) is 0 Å². The molecule has 1 atom stereocenters. The molecule has 0 saturated heterocycles. The van der Waals surface area contributed by atoms with E-state index < -0.39 is 16.2 Å². The molecule has 0 saturated carbocycles. The van der Waals surface area contributed by atoms with Crippen LogP contribution in [0.1, 0.15) is 38.5 Å². The second kappa shape index (κ2) is 13.5. The van der Waals surface area contributed by atoms with E-state index in [-0.39, 0.29) is 19.8 Å². The maximum atomic E-state index is 11.0. The van der Waals surface area contributed by atoms with Gasteiger partial charge in [-0.15, -0.1) is 0 Å². The van der Waals surface area contributed by atoms with Crippen LogP contribution in [0.3, 0.4) is 0 Å². The summed E-state index contributed by atoms with van der Waals surface area (Å²) in [5, 5.41) is 26.6. The molecule has 0 spiro atoms. The van der Waals surface area contributed by atoms with Crippen molar-refractivity contribution < 1.29 is 24.2 Å². The molecule has 1 unspecified atom stereocenters. The third kappa shape index (κ3) is 9.95. The summed E-state index contributed by atoms with van der Waals surface area (Å²) < 4.78 is 16.7. The molecule has 0 aromatic heterocycles. The van der Waals surface area contributed by atoms with Crippen molar-refractivity contribution in [3.63, 3.8) is 0 Å². The van der Waals surface area contributed by atoms with E-state index in [1.807, 2.05) is 0 Å². The molecule has 0 aliphatic rings. The molecule has 0 aromatic rings. The van der Waals surface area contributed by atoms with Crippen LogP contribution in [0, 0.1) is 0 Å². The average molecular weight is 316 g/mol. The number of hydrogen-bond donors (Lipinski definition) is 3. The summed E-state index contributed by atoms with van der Waals surface area (Å²) in [4.78, 5) is 0. The SMILES string of the molecule is O=[PH2]O[PH](CCCCO)(CCCCO)CCCCO. The van der Waals surface area contributed by atoms with Gasteiger partial charge in [0.25, 0.3) is 0 Å². The normalized spacial score (nSPS) is 13.4. The molecule has 0 amide bonds. The molecule has 0 radical (unpaired) electrons. The second-order valence-corrected chi connectivity index (χ2v) is 9.94. The number of aliphatic hydroxyl groups is 3. The molecule has 5 nitrogen and oxygen atoms in total. The Morgan fingerprint density at radius 3 is 1.37 bits per heavy atom. The van der Waals surface area contributed by atoms with E-state index in [1.165, 1.54) is 0 Å². The Kier molecular flexibility index (Phi) is 13.8. The van der Waals surface area contributed by atoms with Crippen molar-refractivity contribution in [3.8, 4) is 0 Å². The minimum absolute atomic E-state index is 0.183. The molecule has 0 aliphatic heterocycles. The van der Waals surface area contributed by atoms with Crippen LogP contribution in [0.5, 0.6) is 0 Å². The molecule has 3 N–H and O–H groups in total. The van der Waals surface area contributed by atoms with E-state index in [9.17, 15) is 4.57 Å². The fourth-order valence-corrected chi connectivity index (χ4v) is 7.99. The van der Waals surface area contributed by atoms with E-state index in [4.69, 9.17) is 19.6 Å². The van der Waals surface area contributed by atoms with Gasteiger partial charge >= 0.3 is 117 Å². The third-order valence-electron chi connectivity index (χ3n) is 3.42. The van der Waals surface area contributed by atoms with Crippen molar-refractivity contribution in [2.45, 2.75) is 38.5 Å². The van der Waals surface area contributed by atoms with Crippen LogP contribution in [-0.2, 0) is 8.88 Å². The van der Waals surface area contributed by atoms with Crippen LogP contribution in [0.4, 0.5) is 0 Å². The van der Waals surface area contributed by atoms with Gasteiger partial charge in [0.05, 0.1) is 0 Å². The van der Waals surface area contributed by atoms with Crippen molar-refractivity contribution >= 4 is 16.2 Å². The van der Waals surface area contributed by atoms with Gasteiger partial charge < -0.3 is 0 Å². The van der Waals surface area contributed by atoms with Crippen molar-refractivity contribution in [2.75, 3.05) is 38.3 Å². The first-order chi connectivity index (χ1) is 9.24. The van der Waals surface area contributed by atoms with Gasteiger partial charge in [-0.1, -0.05) is 0 Å². The van der Waals surface area contributed by atoms with E-state index in [2.05, 4.69) is 0 Å². The molecule has 0 aromatic carbocycles. The van der Waals surface area contributed by atoms with Gasteiger partial charge in [-0.05, 0) is 0 Å². The predicted molar refractivity (Wildman–Crippen MR) is 83.4 cm³/mol. The summed E-state index contributed by atoms with van der Waals surface area (Å²) >= 11 is 0. The van der Waals surface area contributed by atoms with Crippen LogP contribution in [0.15, 0.2) is 0 Å². The standard InChI is InChI=1S/C12H30O5P2/c13-7-1-4-10-19(17-18-16,11-5-2-8-14)12-6-3-9-15/h13-15,19H,1-12,18H2. The number of aliphatic hydroxyl groups excluding tert-OH is 3. The van der Waals surface area contributed by atoms with E-state index in [0.717, 1.165) is 57.0 Å². The molecule has 0 aliphatic carbocycles. The molecule has 0 fully saturated rings. The Balaban J connectivity index is 4.42. The van der Waals surface area contributed by atoms with Crippen molar-refractivity contribution in [3.05, 3.63) is 0 Å². The summed E-state index contributed by atoms with van der Waals surface area (Å²) in [6.45, 7) is 0.548. The zero-order valence-corrected chi connectivity index (χ0v) is 13.9. The summed E-state index contributed by atoms with van der Waals surface area (Å²) in [6, 6.07) is 0. The van der Waals surface area contributed by atoms with Gasteiger partial charge in [0.1, 0.15) is 0 Å². The number of unbranched alkanes of at least 4 members (excludes halogenated alkanes) is 3. The Hall–Kier alpha value is 0.500. The van der Waals surface area contributed by atoms with Gasteiger partial charge in [0.2, 0.25) is 0 Å². The molecule has 0 rings (SSSR count). The quantitative estimate of drug-likeness (QED) is 0.335. The van der Waals surface area contributed by atoms with Crippen LogP contribution >= 0.6 is 16.2 Å². The monoisotopic (exact) mass is 316 g/mol. The Labute approximate surface area is 118 Å². The molecule has 0 heterocycles. The molecule has 7 heteroatoms. The summed E-state index contributed by atoms with van der Waals surface area (Å²) in [5.41, 5.74) is 0. The molecule has 118 valence electrons. The number of rotatable bonds is 14. The third-order valence-corrected chi connectivity index (χ3v) is 9.60.